The number of fused-ring (bicyclic) bond motifs is 1. The summed E-state index contributed by atoms with van der Waals surface area (Å²) in [6.45, 7) is 0. The van der Waals surface area contributed by atoms with E-state index in [4.69, 9.17) is 9.84 Å². The summed E-state index contributed by atoms with van der Waals surface area (Å²) in [5.41, 5.74) is 3.01. The third-order valence-corrected chi connectivity index (χ3v) is 5.90. The number of aromatic nitrogens is 3. The standard InChI is InChI=1S/C22H15BrN4OS/c23-17-10-6-16(7-11-17)21-24-25-22-27(21)26-20(14-29-22)15-8-12-19(13-9-15)28-18-4-2-1-3-5-18/h1-13H,14H2. The van der Waals surface area contributed by atoms with Crippen molar-refractivity contribution in [2.24, 2.45) is 5.10 Å². The van der Waals surface area contributed by atoms with Crippen LogP contribution in [0.2, 0.25) is 0 Å². The Hall–Kier alpha value is -2.90. The van der Waals surface area contributed by atoms with Crippen LogP contribution in [0.25, 0.3) is 11.4 Å². The third kappa shape index (κ3) is 3.83. The number of halogens is 1. The van der Waals surface area contributed by atoms with Crippen molar-refractivity contribution in [3.05, 3.63) is 88.9 Å². The Labute approximate surface area is 180 Å². The average molecular weight is 463 g/mol. The molecular formula is C22H15BrN4OS. The van der Waals surface area contributed by atoms with Gasteiger partial charge in [0.05, 0.1) is 5.71 Å². The molecule has 29 heavy (non-hydrogen) atoms. The summed E-state index contributed by atoms with van der Waals surface area (Å²) in [6, 6.07) is 25.7. The zero-order valence-corrected chi connectivity index (χ0v) is 17.6. The highest BCUT2D eigenvalue weighted by Gasteiger charge is 2.20. The van der Waals surface area contributed by atoms with E-state index in [-0.39, 0.29) is 0 Å². The molecule has 0 unspecified atom stereocenters. The Morgan fingerprint density at radius 3 is 2.24 bits per heavy atom. The van der Waals surface area contributed by atoms with Crippen LogP contribution >= 0.6 is 27.7 Å². The minimum Gasteiger partial charge on any atom is -0.457 e. The zero-order valence-electron chi connectivity index (χ0n) is 15.2. The summed E-state index contributed by atoms with van der Waals surface area (Å²) in [5, 5.41) is 14.2. The van der Waals surface area contributed by atoms with E-state index in [1.54, 1.807) is 11.8 Å². The van der Waals surface area contributed by atoms with E-state index in [0.29, 0.717) is 0 Å². The van der Waals surface area contributed by atoms with E-state index < -0.39 is 0 Å². The largest absolute Gasteiger partial charge is 0.457 e. The molecule has 0 radical (unpaired) electrons. The number of rotatable bonds is 4. The van der Waals surface area contributed by atoms with Gasteiger partial charge in [-0.25, -0.2) is 0 Å². The monoisotopic (exact) mass is 462 g/mol. The van der Waals surface area contributed by atoms with Gasteiger partial charge in [-0.2, -0.15) is 9.78 Å². The van der Waals surface area contributed by atoms with Gasteiger partial charge in [0, 0.05) is 15.8 Å². The molecule has 0 atom stereocenters. The van der Waals surface area contributed by atoms with Gasteiger partial charge in [0.2, 0.25) is 5.16 Å². The van der Waals surface area contributed by atoms with Gasteiger partial charge < -0.3 is 4.74 Å². The van der Waals surface area contributed by atoms with Crippen molar-refractivity contribution in [3.63, 3.8) is 0 Å². The first kappa shape index (κ1) is 18.1. The molecule has 0 fully saturated rings. The molecule has 142 valence electrons. The second kappa shape index (κ2) is 7.85. The molecule has 0 spiro atoms. The second-order valence-corrected chi connectivity index (χ2v) is 8.26. The van der Waals surface area contributed by atoms with Crippen molar-refractivity contribution >= 4 is 33.4 Å². The van der Waals surface area contributed by atoms with Crippen molar-refractivity contribution in [2.75, 3.05) is 5.75 Å². The first-order valence-corrected chi connectivity index (χ1v) is 10.8. The van der Waals surface area contributed by atoms with E-state index in [2.05, 4.69) is 26.1 Å². The highest BCUT2D eigenvalue weighted by atomic mass is 79.9. The second-order valence-electron chi connectivity index (χ2n) is 6.40. The van der Waals surface area contributed by atoms with Gasteiger partial charge in [0.25, 0.3) is 0 Å². The lowest BCUT2D eigenvalue weighted by atomic mass is 10.1. The number of thioether (sulfide) groups is 1. The zero-order chi connectivity index (χ0) is 19.6. The van der Waals surface area contributed by atoms with Crippen LogP contribution in [0.3, 0.4) is 0 Å². The highest BCUT2D eigenvalue weighted by molar-refractivity contribution is 9.10. The van der Waals surface area contributed by atoms with E-state index in [1.807, 2.05) is 83.5 Å². The first-order valence-electron chi connectivity index (χ1n) is 9.02. The van der Waals surface area contributed by atoms with Crippen molar-refractivity contribution in [2.45, 2.75) is 5.16 Å². The molecule has 1 aliphatic rings. The molecule has 7 heteroatoms. The normalized spacial score (nSPS) is 12.9. The Kier molecular flexibility index (Phi) is 4.91. The molecule has 2 heterocycles. The van der Waals surface area contributed by atoms with Gasteiger partial charge in [0.1, 0.15) is 11.5 Å². The fourth-order valence-electron chi connectivity index (χ4n) is 2.99. The van der Waals surface area contributed by atoms with E-state index in [0.717, 1.165) is 49.5 Å². The molecule has 4 aromatic rings. The summed E-state index contributed by atoms with van der Waals surface area (Å²) >= 11 is 5.10. The van der Waals surface area contributed by atoms with Crippen molar-refractivity contribution in [3.8, 4) is 22.9 Å². The van der Waals surface area contributed by atoms with Crippen LogP contribution in [0.4, 0.5) is 0 Å². The topological polar surface area (TPSA) is 52.3 Å². The number of nitrogens with zero attached hydrogens (tertiary/aromatic N) is 4. The van der Waals surface area contributed by atoms with Crippen LogP contribution in [-0.2, 0) is 0 Å². The summed E-state index contributed by atoms with van der Waals surface area (Å²) in [6.07, 6.45) is 0. The summed E-state index contributed by atoms with van der Waals surface area (Å²) < 4.78 is 8.72. The van der Waals surface area contributed by atoms with Gasteiger partial charge in [-0.05, 0) is 54.1 Å². The van der Waals surface area contributed by atoms with Crippen molar-refractivity contribution < 1.29 is 4.74 Å². The molecule has 0 saturated heterocycles. The predicted octanol–water partition coefficient (Wildman–Crippen LogP) is 5.86. The highest BCUT2D eigenvalue weighted by Crippen LogP contribution is 2.29. The SMILES string of the molecule is Brc1ccc(-c2nnc3n2N=C(c2ccc(Oc4ccccc4)cc2)CS3)cc1. The average Bonchev–Trinajstić information content (AvgIpc) is 3.19. The van der Waals surface area contributed by atoms with E-state index in [9.17, 15) is 0 Å². The summed E-state index contributed by atoms with van der Waals surface area (Å²) in [4.78, 5) is 0. The molecule has 0 amide bonds. The number of para-hydroxylation sites is 1. The molecule has 0 aliphatic carbocycles. The van der Waals surface area contributed by atoms with Crippen LogP contribution in [0.1, 0.15) is 5.56 Å². The van der Waals surface area contributed by atoms with Gasteiger partial charge >= 0.3 is 0 Å². The van der Waals surface area contributed by atoms with Gasteiger partial charge in [-0.3, -0.25) is 0 Å². The van der Waals surface area contributed by atoms with Crippen molar-refractivity contribution in [1.82, 2.24) is 14.9 Å². The quantitative estimate of drug-likeness (QED) is 0.381. The molecule has 5 rings (SSSR count). The molecule has 1 aliphatic heterocycles. The van der Waals surface area contributed by atoms with E-state index >= 15 is 0 Å². The fourth-order valence-corrected chi connectivity index (χ4v) is 4.09. The van der Waals surface area contributed by atoms with Gasteiger partial charge in [-0.15, -0.1) is 10.2 Å². The van der Waals surface area contributed by atoms with E-state index in [1.165, 1.54) is 0 Å². The van der Waals surface area contributed by atoms with Gasteiger partial charge in [0.15, 0.2) is 5.82 Å². The van der Waals surface area contributed by atoms with Crippen LogP contribution in [0.15, 0.2) is 93.6 Å². The summed E-state index contributed by atoms with van der Waals surface area (Å²) in [7, 11) is 0. The van der Waals surface area contributed by atoms with Crippen molar-refractivity contribution in [1.29, 1.82) is 0 Å². The van der Waals surface area contributed by atoms with Crippen LogP contribution < -0.4 is 4.74 Å². The summed E-state index contributed by atoms with van der Waals surface area (Å²) in [5.74, 6) is 3.10. The Morgan fingerprint density at radius 2 is 1.48 bits per heavy atom. The molecule has 1 aromatic heterocycles. The van der Waals surface area contributed by atoms with Crippen LogP contribution in [0, 0.1) is 0 Å². The Morgan fingerprint density at radius 1 is 0.793 bits per heavy atom. The Bertz CT molecular complexity index is 1170. The molecule has 0 saturated carbocycles. The maximum Gasteiger partial charge on any atom is 0.212 e. The smallest absolute Gasteiger partial charge is 0.212 e. The van der Waals surface area contributed by atoms with Gasteiger partial charge in [-0.1, -0.05) is 58.0 Å². The number of hydrogen-bond donors (Lipinski definition) is 0. The molecule has 3 aromatic carbocycles. The lowest BCUT2D eigenvalue weighted by molar-refractivity contribution is 0.482. The van der Waals surface area contributed by atoms with Crippen LogP contribution in [-0.4, -0.2) is 26.3 Å². The first-order chi connectivity index (χ1) is 14.3. The minimum atomic E-state index is 0.737. The minimum absolute atomic E-state index is 0.737. The number of ether oxygens (including phenoxy) is 1. The van der Waals surface area contributed by atoms with Crippen LogP contribution in [0.5, 0.6) is 11.5 Å². The molecule has 5 nitrogen and oxygen atoms in total. The fraction of sp³-hybridized carbons (Fsp3) is 0.0455. The maximum absolute atomic E-state index is 5.88. The predicted molar refractivity (Wildman–Crippen MR) is 119 cm³/mol. The number of hydrogen-bond acceptors (Lipinski definition) is 5. The molecule has 0 bridgehead atoms. The maximum atomic E-state index is 5.88. The molecule has 0 N–H and O–H groups in total. The lowest BCUT2D eigenvalue weighted by Crippen LogP contribution is -2.13. The number of benzene rings is 3. The third-order valence-electron chi connectivity index (χ3n) is 4.44. The lowest BCUT2D eigenvalue weighted by Gasteiger charge is -2.14. The Balaban J connectivity index is 1.42. The molecular weight excluding hydrogens is 448 g/mol.